The molecule has 1 fully saturated rings. The summed E-state index contributed by atoms with van der Waals surface area (Å²) in [5, 5.41) is 6.38. The molecule has 7 heteroatoms. The van der Waals surface area contributed by atoms with Gasteiger partial charge in [0, 0.05) is 30.2 Å². The Morgan fingerprint density at radius 2 is 1.96 bits per heavy atom. The summed E-state index contributed by atoms with van der Waals surface area (Å²) >= 11 is 5.88. The molecular weight excluding hydrogens is 340 g/mol. The Bertz CT molecular complexity index is 575. The molecule has 0 bridgehead atoms. The highest BCUT2D eigenvalue weighted by Gasteiger charge is 2.31. The number of carbonyl (C=O) groups is 2. The quantitative estimate of drug-likeness (QED) is 0.695. The molecule has 6 nitrogen and oxygen atoms in total. The van der Waals surface area contributed by atoms with Gasteiger partial charge in [-0.05, 0) is 50.3 Å². The maximum Gasteiger partial charge on any atom is 0.315 e. The van der Waals surface area contributed by atoms with Crippen molar-refractivity contribution in [3.05, 3.63) is 29.3 Å². The minimum atomic E-state index is -0.213. The maximum absolute atomic E-state index is 12.2. The third-order valence-corrected chi connectivity index (χ3v) is 4.68. The van der Waals surface area contributed by atoms with Crippen LogP contribution in [0.1, 0.15) is 26.7 Å². The van der Waals surface area contributed by atoms with Gasteiger partial charge in [0.2, 0.25) is 5.91 Å². The molecule has 0 aromatic heterocycles. The fourth-order valence-electron chi connectivity index (χ4n) is 2.96. The Balaban J connectivity index is 1.73. The Morgan fingerprint density at radius 3 is 2.60 bits per heavy atom. The van der Waals surface area contributed by atoms with Gasteiger partial charge in [0.1, 0.15) is 0 Å². The number of anilines is 1. The summed E-state index contributed by atoms with van der Waals surface area (Å²) in [6, 6.07) is 6.76. The van der Waals surface area contributed by atoms with E-state index in [-0.39, 0.29) is 18.0 Å². The lowest BCUT2D eigenvalue weighted by Gasteiger charge is -2.19. The van der Waals surface area contributed by atoms with Crippen molar-refractivity contribution in [1.82, 2.24) is 15.5 Å². The highest BCUT2D eigenvalue weighted by atomic mass is 35.5. The molecule has 2 N–H and O–H groups in total. The van der Waals surface area contributed by atoms with Gasteiger partial charge in [-0.25, -0.2) is 4.79 Å². The van der Waals surface area contributed by atoms with Crippen LogP contribution in [0.15, 0.2) is 24.3 Å². The number of rotatable bonds is 8. The van der Waals surface area contributed by atoms with Crippen LogP contribution in [0.2, 0.25) is 5.02 Å². The van der Waals surface area contributed by atoms with Gasteiger partial charge in [-0.15, -0.1) is 0 Å². The average molecular weight is 367 g/mol. The van der Waals surface area contributed by atoms with Crippen molar-refractivity contribution >= 4 is 29.2 Å². The van der Waals surface area contributed by atoms with Crippen LogP contribution in [0.4, 0.5) is 10.5 Å². The van der Waals surface area contributed by atoms with Gasteiger partial charge in [0.25, 0.3) is 0 Å². The van der Waals surface area contributed by atoms with Gasteiger partial charge in [0.15, 0.2) is 0 Å². The molecule has 1 aromatic carbocycles. The lowest BCUT2D eigenvalue weighted by Crippen LogP contribution is -2.44. The molecule has 1 heterocycles. The number of urea groups is 1. The first-order chi connectivity index (χ1) is 12.0. The molecule has 1 atom stereocenters. The molecule has 0 saturated carbocycles. The second-order valence-electron chi connectivity index (χ2n) is 6.16. The summed E-state index contributed by atoms with van der Waals surface area (Å²) in [7, 11) is 0. The number of carbonyl (C=O) groups excluding carboxylic acids is 2. The third kappa shape index (κ3) is 5.90. The van der Waals surface area contributed by atoms with E-state index in [1.807, 2.05) is 12.1 Å². The molecule has 138 valence electrons. The lowest BCUT2D eigenvalue weighted by atomic mass is 10.2. The van der Waals surface area contributed by atoms with Crippen molar-refractivity contribution in [2.24, 2.45) is 0 Å². The molecular formula is C18H27ClN4O2. The van der Waals surface area contributed by atoms with E-state index in [9.17, 15) is 9.59 Å². The summed E-state index contributed by atoms with van der Waals surface area (Å²) in [6.07, 6.45) is 1.23. The van der Waals surface area contributed by atoms with Crippen molar-refractivity contribution in [2.75, 3.05) is 37.6 Å². The minimum Gasteiger partial charge on any atom is -0.338 e. The van der Waals surface area contributed by atoms with E-state index < -0.39 is 0 Å². The van der Waals surface area contributed by atoms with Gasteiger partial charge >= 0.3 is 6.03 Å². The Hall–Kier alpha value is -1.79. The highest BCUT2D eigenvalue weighted by Crippen LogP contribution is 2.23. The fraction of sp³-hybridized carbons (Fsp3) is 0.556. The summed E-state index contributed by atoms with van der Waals surface area (Å²) in [6.45, 7) is 8.39. The molecule has 0 radical (unpaired) electrons. The van der Waals surface area contributed by atoms with Crippen LogP contribution in [-0.2, 0) is 4.79 Å². The molecule has 1 aliphatic heterocycles. The number of nitrogens with zero attached hydrogens (tertiary/aromatic N) is 2. The molecule has 1 aliphatic rings. The van der Waals surface area contributed by atoms with Crippen LogP contribution < -0.4 is 15.5 Å². The number of amides is 3. The van der Waals surface area contributed by atoms with Gasteiger partial charge < -0.3 is 20.4 Å². The van der Waals surface area contributed by atoms with Crippen LogP contribution in [0.5, 0.6) is 0 Å². The maximum atomic E-state index is 12.2. The van der Waals surface area contributed by atoms with E-state index in [4.69, 9.17) is 11.6 Å². The van der Waals surface area contributed by atoms with Crippen molar-refractivity contribution < 1.29 is 9.59 Å². The zero-order valence-electron chi connectivity index (χ0n) is 14.9. The van der Waals surface area contributed by atoms with Gasteiger partial charge in [0.05, 0.1) is 6.04 Å². The van der Waals surface area contributed by atoms with Crippen LogP contribution in [-0.4, -0.2) is 55.6 Å². The van der Waals surface area contributed by atoms with Crippen LogP contribution in [0, 0.1) is 0 Å². The van der Waals surface area contributed by atoms with E-state index in [1.165, 1.54) is 0 Å². The molecule has 1 aromatic rings. The Morgan fingerprint density at radius 1 is 1.28 bits per heavy atom. The van der Waals surface area contributed by atoms with Crippen molar-refractivity contribution in [3.63, 3.8) is 0 Å². The summed E-state index contributed by atoms with van der Waals surface area (Å²) in [5.74, 6) is 0.00848. The minimum absolute atomic E-state index is 0.00848. The van der Waals surface area contributed by atoms with Crippen molar-refractivity contribution in [1.29, 1.82) is 0 Å². The zero-order valence-corrected chi connectivity index (χ0v) is 15.7. The van der Waals surface area contributed by atoms with E-state index in [0.29, 0.717) is 24.5 Å². The van der Waals surface area contributed by atoms with Crippen LogP contribution in [0.3, 0.4) is 0 Å². The number of hydrogen-bond acceptors (Lipinski definition) is 3. The third-order valence-electron chi connectivity index (χ3n) is 4.43. The first-order valence-electron chi connectivity index (χ1n) is 8.86. The Labute approximate surface area is 154 Å². The number of benzene rings is 1. The number of halogens is 1. The first-order valence-corrected chi connectivity index (χ1v) is 9.24. The second kappa shape index (κ2) is 9.63. The van der Waals surface area contributed by atoms with Crippen LogP contribution >= 0.6 is 11.6 Å². The average Bonchev–Trinajstić information content (AvgIpc) is 2.96. The standard InChI is InChI=1S/C18H27ClN4O2/c1-3-22(4-2)11-5-10-20-18(25)21-15-12-17(24)23(13-15)16-8-6-14(19)7-9-16/h6-9,15H,3-5,10-13H2,1-2H3,(H2,20,21,25). The highest BCUT2D eigenvalue weighted by molar-refractivity contribution is 6.30. The van der Waals surface area contributed by atoms with E-state index in [2.05, 4.69) is 29.4 Å². The van der Waals surface area contributed by atoms with E-state index >= 15 is 0 Å². The van der Waals surface area contributed by atoms with Crippen molar-refractivity contribution in [2.45, 2.75) is 32.7 Å². The first kappa shape index (κ1) is 19.5. The van der Waals surface area contributed by atoms with Crippen molar-refractivity contribution in [3.8, 4) is 0 Å². The summed E-state index contributed by atoms with van der Waals surface area (Å²) in [4.78, 5) is 28.2. The smallest absolute Gasteiger partial charge is 0.315 e. The summed E-state index contributed by atoms with van der Waals surface area (Å²) < 4.78 is 0. The lowest BCUT2D eigenvalue weighted by molar-refractivity contribution is -0.117. The molecule has 2 rings (SSSR count). The molecule has 3 amide bonds. The van der Waals surface area contributed by atoms with E-state index in [0.717, 1.165) is 31.7 Å². The largest absolute Gasteiger partial charge is 0.338 e. The SMILES string of the molecule is CCN(CC)CCCNC(=O)NC1CC(=O)N(c2ccc(Cl)cc2)C1. The van der Waals surface area contributed by atoms with E-state index in [1.54, 1.807) is 17.0 Å². The van der Waals surface area contributed by atoms with Crippen LogP contribution in [0.25, 0.3) is 0 Å². The molecule has 1 saturated heterocycles. The van der Waals surface area contributed by atoms with Gasteiger partial charge in [-0.2, -0.15) is 0 Å². The normalized spacial score (nSPS) is 17.2. The molecule has 25 heavy (non-hydrogen) atoms. The number of nitrogens with one attached hydrogen (secondary N) is 2. The number of hydrogen-bond donors (Lipinski definition) is 2. The summed E-state index contributed by atoms with van der Waals surface area (Å²) in [5.41, 5.74) is 0.804. The predicted molar refractivity (Wildman–Crippen MR) is 101 cm³/mol. The molecule has 1 unspecified atom stereocenters. The Kier molecular flexibility index (Phi) is 7.52. The fourth-order valence-corrected chi connectivity index (χ4v) is 3.08. The van der Waals surface area contributed by atoms with Gasteiger partial charge in [-0.1, -0.05) is 25.4 Å². The predicted octanol–water partition coefficient (Wildman–Crippen LogP) is 2.48. The molecule has 0 aliphatic carbocycles. The molecule has 0 spiro atoms. The topological polar surface area (TPSA) is 64.7 Å². The second-order valence-corrected chi connectivity index (χ2v) is 6.60. The van der Waals surface area contributed by atoms with Gasteiger partial charge in [-0.3, -0.25) is 4.79 Å². The monoisotopic (exact) mass is 366 g/mol. The zero-order chi connectivity index (χ0) is 18.2.